The molecule has 0 fully saturated rings. The molecule has 0 unspecified atom stereocenters. The number of benzene rings is 1. The Morgan fingerprint density at radius 1 is 1.06 bits per heavy atom. The van der Waals surface area contributed by atoms with Gasteiger partial charge < -0.3 is 9.47 Å². The Bertz CT molecular complexity index is 529. The molecule has 0 amide bonds. The lowest BCUT2D eigenvalue weighted by Gasteiger charge is -2.09. The van der Waals surface area contributed by atoms with Crippen molar-refractivity contribution in [2.24, 2.45) is 0 Å². The van der Waals surface area contributed by atoms with E-state index in [1.807, 2.05) is 0 Å². The number of hydrogen-bond acceptors (Lipinski definition) is 5. The largest absolute Gasteiger partial charge is 0.573 e. The van der Waals surface area contributed by atoms with Gasteiger partial charge in [0.1, 0.15) is 11.5 Å². The van der Waals surface area contributed by atoms with E-state index in [9.17, 15) is 13.2 Å². The minimum absolute atomic E-state index is 0.0932. The molecular formula is C9H4ClF3N2O2S. The predicted octanol–water partition coefficient (Wildman–Crippen LogP) is 3.88. The molecule has 1 heterocycles. The van der Waals surface area contributed by atoms with Crippen LogP contribution < -0.4 is 9.47 Å². The monoisotopic (exact) mass is 296 g/mol. The van der Waals surface area contributed by atoms with Crippen LogP contribution in [0.25, 0.3) is 0 Å². The molecule has 0 spiro atoms. The molecule has 0 atom stereocenters. The number of halogens is 4. The van der Waals surface area contributed by atoms with E-state index in [1.165, 1.54) is 12.1 Å². The third-order valence-electron chi connectivity index (χ3n) is 1.69. The molecule has 0 radical (unpaired) electrons. The van der Waals surface area contributed by atoms with Gasteiger partial charge in [-0.25, -0.2) is 0 Å². The predicted molar refractivity (Wildman–Crippen MR) is 58.1 cm³/mol. The van der Waals surface area contributed by atoms with Crippen LogP contribution in [0.2, 0.25) is 5.15 Å². The fourth-order valence-corrected chi connectivity index (χ4v) is 1.66. The first-order valence-electron chi connectivity index (χ1n) is 4.46. The Labute approximate surface area is 108 Å². The molecule has 2 aromatic rings. The number of rotatable bonds is 3. The first-order chi connectivity index (χ1) is 8.44. The lowest BCUT2D eigenvalue weighted by molar-refractivity contribution is -0.274. The lowest BCUT2D eigenvalue weighted by atomic mass is 10.3. The zero-order valence-electron chi connectivity index (χ0n) is 8.44. The summed E-state index contributed by atoms with van der Waals surface area (Å²) in [5.41, 5.74) is 0. The van der Waals surface area contributed by atoms with Crippen LogP contribution in [0.5, 0.6) is 17.4 Å². The molecule has 0 saturated carbocycles. The van der Waals surface area contributed by atoms with Gasteiger partial charge in [-0.05, 0) is 24.3 Å². The van der Waals surface area contributed by atoms with Gasteiger partial charge in [0.05, 0.1) is 11.7 Å². The standard InChI is InChI=1S/C9H4ClF3N2O2S/c10-7-8(15-18-14-7)16-5-1-3-6(4-2-5)17-9(11,12)13/h1-4H. The average Bonchev–Trinajstić information content (AvgIpc) is 2.65. The molecule has 96 valence electrons. The van der Waals surface area contributed by atoms with Crippen molar-refractivity contribution < 1.29 is 22.6 Å². The highest BCUT2D eigenvalue weighted by atomic mass is 35.5. The summed E-state index contributed by atoms with van der Waals surface area (Å²) in [5, 5.41) is 0.0932. The molecule has 9 heteroatoms. The van der Waals surface area contributed by atoms with Gasteiger partial charge in [-0.2, -0.15) is 4.37 Å². The second-order valence-corrected chi connectivity index (χ2v) is 3.87. The Balaban J connectivity index is 2.06. The third kappa shape index (κ3) is 3.47. The quantitative estimate of drug-likeness (QED) is 0.862. The molecule has 0 N–H and O–H groups in total. The van der Waals surface area contributed by atoms with Crippen LogP contribution in [-0.2, 0) is 0 Å². The van der Waals surface area contributed by atoms with Crippen LogP contribution in [0, 0.1) is 0 Å². The van der Waals surface area contributed by atoms with Crippen molar-refractivity contribution in [3.8, 4) is 17.4 Å². The fourth-order valence-electron chi connectivity index (χ4n) is 1.05. The minimum atomic E-state index is -4.72. The maximum atomic E-state index is 11.9. The van der Waals surface area contributed by atoms with E-state index in [1.54, 1.807) is 0 Å². The number of ether oxygens (including phenoxy) is 2. The fraction of sp³-hybridized carbons (Fsp3) is 0.111. The van der Waals surface area contributed by atoms with E-state index in [0.29, 0.717) is 0 Å². The number of hydrogen-bond donors (Lipinski definition) is 0. The number of aromatic nitrogens is 2. The average molecular weight is 297 g/mol. The molecule has 0 aliphatic heterocycles. The van der Waals surface area contributed by atoms with Gasteiger partial charge in [-0.3, -0.25) is 0 Å². The van der Waals surface area contributed by atoms with Crippen LogP contribution in [0.1, 0.15) is 0 Å². The van der Waals surface area contributed by atoms with E-state index in [4.69, 9.17) is 16.3 Å². The van der Waals surface area contributed by atoms with Crippen LogP contribution in [0.4, 0.5) is 13.2 Å². The summed E-state index contributed by atoms with van der Waals surface area (Å²) in [7, 11) is 0. The summed E-state index contributed by atoms with van der Waals surface area (Å²) >= 11 is 6.51. The Morgan fingerprint density at radius 2 is 1.67 bits per heavy atom. The highest BCUT2D eigenvalue weighted by molar-refractivity contribution is 6.99. The lowest BCUT2D eigenvalue weighted by Crippen LogP contribution is -2.16. The van der Waals surface area contributed by atoms with Crippen molar-refractivity contribution in [1.29, 1.82) is 0 Å². The van der Waals surface area contributed by atoms with E-state index >= 15 is 0 Å². The normalized spacial score (nSPS) is 11.3. The zero-order chi connectivity index (χ0) is 13.2. The van der Waals surface area contributed by atoms with Crippen LogP contribution >= 0.6 is 23.3 Å². The van der Waals surface area contributed by atoms with Gasteiger partial charge in [-0.15, -0.1) is 17.5 Å². The number of alkyl halides is 3. The maximum Gasteiger partial charge on any atom is 0.573 e. The Kier molecular flexibility index (Phi) is 3.58. The summed E-state index contributed by atoms with van der Waals surface area (Å²) in [6.45, 7) is 0. The van der Waals surface area contributed by atoms with Crippen LogP contribution in [0.3, 0.4) is 0 Å². The smallest absolute Gasteiger partial charge is 0.436 e. The highest BCUT2D eigenvalue weighted by Gasteiger charge is 2.30. The summed E-state index contributed by atoms with van der Waals surface area (Å²) in [6.07, 6.45) is -4.72. The van der Waals surface area contributed by atoms with Crippen molar-refractivity contribution in [2.45, 2.75) is 6.36 Å². The molecule has 0 aliphatic carbocycles. The van der Waals surface area contributed by atoms with Gasteiger partial charge in [-0.1, -0.05) is 11.6 Å². The molecule has 18 heavy (non-hydrogen) atoms. The molecular weight excluding hydrogens is 293 g/mol. The maximum absolute atomic E-state index is 11.9. The van der Waals surface area contributed by atoms with Crippen LogP contribution in [0.15, 0.2) is 24.3 Å². The number of nitrogens with zero attached hydrogens (tertiary/aromatic N) is 2. The van der Waals surface area contributed by atoms with Crippen molar-refractivity contribution in [1.82, 2.24) is 8.75 Å². The zero-order valence-corrected chi connectivity index (χ0v) is 10.0. The summed E-state index contributed by atoms with van der Waals surface area (Å²) in [5.74, 6) is 0.0441. The Morgan fingerprint density at radius 3 is 2.17 bits per heavy atom. The summed E-state index contributed by atoms with van der Waals surface area (Å²) < 4.78 is 52.1. The molecule has 0 bridgehead atoms. The van der Waals surface area contributed by atoms with E-state index in [-0.39, 0.29) is 22.5 Å². The van der Waals surface area contributed by atoms with Crippen molar-refractivity contribution in [3.05, 3.63) is 29.4 Å². The molecule has 4 nitrogen and oxygen atoms in total. The molecule has 0 aliphatic rings. The van der Waals surface area contributed by atoms with Gasteiger partial charge >= 0.3 is 6.36 Å². The second-order valence-electron chi connectivity index (χ2n) is 2.98. The van der Waals surface area contributed by atoms with E-state index < -0.39 is 6.36 Å². The topological polar surface area (TPSA) is 44.2 Å². The molecule has 1 aromatic carbocycles. The highest BCUT2D eigenvalue weighted by Crippen LogP contribution is 2.29. The molecule has 1 aromatic heterocycles. The van der Waals surface area contributed by atoms with Gasteiger partial charge in [0.2, 0.25) is 5.15 Å². The van der Waals surface area contributed by atoms with Crippen molar-refractivity contribution in [2.75, 3.05) is 0 Å². The van der Waals surface area contributed by atoms with E-state index in [2.05, 4.69) is 13.5 Å². The summed E-state index contributed by atoms with van der Waals surface area (Å²) in [4.78, 5) is 0. The van der Waals surface area contributed by atoms with Gasteiger partial charge in [0.15, 0.2) is 0 Å². The molecule has 0 saturated heterocycles. The Hall–Kier alpha value is -1.54. The van der Waals surface area contributed by atoms with E-state index in [0.717, 1.165) is 23.9 Å². The van der Waals surface area contributed by atoms with Crippen LogP contribution in [-0.4, -0.2) is 15.1 Å². The first-order valence-corrected chi connectivity index (χ1v) is 5.56. The SMILES string of the molecule is FC(F)(F)Oc1ccc(Oc2nsnc2Cl)cc1. The third-order valence-corrected chi connectivity index (χ3v) is 2.55. The van der Waals surface area contributed by atoms with Gasteiger partial charge in [0.25, 0.3) is 5.88 Å². The van der Waals surface area contributed by atoms with Crippen molar-refractivity contribution >= 4 is 23.3 Å². The first kappa shape index (κ1) is 12.9. The second kappa shape index (κ2) is 4.99. The molecule has 2 rings (SSSR count). The summed E-state index contributed by atoms with van der Waals surface area (Å²) in [6, 6.07) is 4.85. The minimum Gasteiger partial charge on any atom is -0.436 e. The van der Waals surface area contributed by atoms with Gasteiger partial charge in [0, 0.05) is 0 Å². The van der Waals surface area contributed by atoms with Crippen molar-refractivity contribution in [3.63, 3.8) is 0 Å².